The average Bonchev–Trinajstić information content (AvgIpc) is 3.24. The lowest BCUT2D eigenvalue weighted by Crippen LogP contribution is -2.49. The summed E-state index contributed by atoms with van der Waals surface area (Å²) in [6.45, 7) is 5.86. The van der Waals surface area contributed by atoms with Crippen LogP contribution in [0.3, 0.4) is 0 Å². The molecule has 0 aliphatic rings. The maximum absolute atomic E-state index is 13.6. The van der Waals surface area contributed by atoms with Crippen molar-refractivity contribution in [3.63, 3.8) is 0 Å². The molecule has 0 aliphatic heterocycles. The molecule has 192 valence electrons. The second-order valence-electron chi connectivity index (χ2n) is 8.55. The van der Waals surface area contributed by atoms with Crippen molar-refractivity contribution in [1.82, 2.24) is 9.13 Å². The Kier molecular flexibility index (Phi) is 8.13. The highest BCUT2D eigenvalue weighted by Crippen LogP contribution is 2.28. The van der Waals surface area contributed by atoms with Gasteiger partial charge in [0.15, 0.2) is 0 Å². The maximum atomic E-state index is 13.6. The summed E-state index contributed by atoms with van der Waals surface area (Å²) in [6.07, 6.45) is -0.995. The second kappa shape index (κ2) is 10.9. The fourth-order valence-corrected chi connectivity index (χ4v) is 4.94. The molecule has 0 unspecified atom stereocenters. The number of benzene rings is 1. The number of carboxylic acids is 1. The van der Waals surface area contributed by atoms with Crippen molar-refractivity contribution in [3.05, 3.63) is 67.7 Å². The minimum absolute atomic E-state index is 0.0850. The minimum atomic E-state index is -1.72. The first kappa shape index (κ1) is 26.9. The van der Waals surface area contributed by atoms with Gasteiger partial charge < -0.3 is 14.6 Å². The van der Waals surface area contributed by atoms with Crippen LogP contribution in [0.2, 0.25) is 0 Å². The summed E-state index contributed by atoms with van der Waals surface area (Å²) in [6, 6.07) is 10.1. The van der Waals surface area contributed by atoms with Gasteiger partial charge in [0.25, 0.3) is 5.56 Å². The van der Waals surface area contributed by atoms with Crippen LogP contribution in [-0.4, -0.2) is 38.8 Å². The van der Waals surface area contributed by atoms with E-state index in [2.05, 4.69) is 0 Å². The number of carbonyl (C=O) groups excluding carboxylic acids is 2. The molecule has 11 heteroatoms. The van der Waals surface area contributed by atoms with E-state index in [1.54, 1.807) is 44.2 Å². The van der Waals surface area contributed by atoms with E-state index in [0.717, 1.165) is 20.5 Å². The largest absolute Gasteiger partial charge is 0.480 e. The number of carbonyl (C=O) groups is 3. The first-order valence-corrected chi connectivity index (χ1v) is 12.2. The van der Waals surface area contributed by atoms with Gasteiger partial charge in [-0.05, 0) is 32.4 Å². The first-order valence-electron chi connectivity index (χ1n) is 11.4. The van der Waals surface area contributed by atoms with Crippen molar-refractivity contribution < 1.29 is 29.0 Å². The number of ether oxygens (including phenoxy) is 2. The third-order valence-electron chi connectivity index (χ3n) is 5.65. The quantitative estimate of drug-likeness (QED) is 0.407. The third-order valence-corrected chi connectivity index (χ3v) is 6.77. The number of nitrogens with zero attached hydrogens (tertiary/aromatic N) is 2. The van der Waals surface area contributed by atoms with Crippen LogP contribution in [0.25, 0.3) is 10.2 Å². The summed E-state index contributed by atoms with van der Waals surface area (Å²) < 4.78 is 12.4. The number of aliphatic carboxylic acids is 1. The molecule has 0 saturated carbocycles. The molecule has 1 N–H and O–H groups in total. The summed E-state index contributed by atoms with van der Waals surface area (Å²) in [5.74, 6) is -2.31. The molecule has 0 radical (unpaired) electrons. The molecule has 3 rings (SSSR count). The molecule has 1 atom stereocenters. The Morgan fingerprint density at radius 3 is 2.33 bits per heavy atom. The summed E-state index contributed by atoms with van der Waals surface area (Å²) >= 11 is 0.989. The Labute approximate surface area is 210 Å². The number of hydrogen-bond donors (Lipinski definition) is 1. The first-order chi connectivity index (χ1) is 17.0. The summed E-state index contributed by atoms with van der Waals surface area (Å²) in [5.41, 5.74) is -2.69. The Bertz CT molecular complexity index is 1400. The highest BCUT2D eigenvalue weighted by molar-refractivity contribution is 7.18. The number of fused-ring (bicyclic) bond motifs is 1. The maximum Gasteiger partial charge on any atom is 0.333 e. The summed E-state index contributed by atoms with van der Waals surface area (Å²) in [7, 11) is 0. The number of thiophene rings is 1. The molecule has 0 saturated heterocycles. The van der Waals surface area contributed by atoms with Gasteiger partial charge >= 0.3 is 23.6 Å². The molecule has 1 aromatic carbocycles. The van der Waals surface area contributed by atoms with E-state index in [1.807, 2.05) is 0 Å². The Hall–Kier alpha value is -3.73. The molecule has 36 heavy (non-hydrogen) atoms. The normalized spacial score (nSPS) is 12.3. The Morgan fingerprint density at radius 2 is 1.75 bits per heavy atom. The topological polar surface area (TPSA) is 134 Å². The number of hydrogen-bond acceptors (Lipinski definition) is 8. The van der Waals surface area contributed by atoms with E-state index in [-0.39, 0.29) is 36.2 Å². The van der Waals surface area contributed by atoms with Gasteiger partial charge in [0, 0.05) is 11.3 Å². The SMILES string of the molecule is CCOC(=O)Cc1cc2c(=O)n(C[C@H](OC(=O)CC)c3ccccc3)c(=O)n(C(C)(C)C(=O)O)c2s1. The molecule has 2 heterocycles. The predicted octanol–water partition coefficient (Wildman–Crippen LogP) is 2.84. The number of carboxylic acid groups (broad SMARTS) is 1. The highest BCUT2D eigenvalue weighted by atomic mass is 32.1. The van der Waals surface area contributed by atoms with Crippen LogP contribution in [0.4, 0.5) is 0 Å². The van der Waals surface area contributed by atoms with Gasteiger partial charge in [-0.15, -0.1) is 11.3 Å². The molecule has 10 nitrogen and oxygen atoms in total. The van der Waals surface area contributed by atoms with Crippen molar-refractivity contribution in [2.75, 3.05) is 6.61 Å². The van der Waals surface area contributed by atoms with Gasteiger partial charge in [0.05, 0.1) is 25.0 Å². The molecule has 0 aliphatic carbocycles. The number of rotatable bonds is 10. The van der Waals surface area contributed by atoms with Crippen LogP contribution >= 0.6 is 11.3 Å². The van der Waals surface area contributed by atoms with Crippen LogP contribution in [0.1, 0.15) is 50.7 Å². The second-order valence-corrected chi connectivity index (χ2v) is 9.67. The van der Waals surface area contributed by atoms with Crippen molar-refractivity contribution in [2.24, 2.45) is 0 Å². The van der Waals surface area contributed by atoms with Crippen LogP contribution in [0, 0.1) is 0 Å². The van der Waals surface area contributed by atoms with E-state index in [9.17, 15) is 29.1 Å². The third kappa shape index (κ3) is 5.40. The fourth-order valence-electron chi connectivity index (χ4n) is 3.67. The lowest BCUT2D eigenvalue weighted by molar-refractivity contribution is -0.150. The van der Waals surface area contributed by atoms with Gasteiger partial charge in [0.2, 0.25) is 0 Å². The van der Waals surface area contributed by atoms with E-state index in [4.69, 9.17) is 9.47 Å². The zero-order valence-corrected chi connectivity index (χ0v) is 21.3. The molecule has 3 aromatic rings. The molecule has 0 amide bonds. The lowest BCUT2D eigenvalue weighted by Gasteiger charge is -2.25. The Balaban J connectivity index is 2.25. The fraction of sp³-hybridized carbons (Fsp3) is 0.400. The molecular weight excluding hydrogens is 488 g/mol. The van der Waals surface area contributed by atoms with Crippen LogP contribution in [0.15, 0.2) is 46.0 Å². The summed E-state index contributed by atoms with van der Waals surface area (Å²) in [4.78, 5) is 64.0. The van der Waals surface area contributed by atoms with Crippen LogP contribution in [-0.2, 0) is 42.4 Å². The monoisotopic (exact) mass is 516 g/mol. The minimum Gasteiger partial charge on any atom is -0.480 e. The summed E-state index contributed by atoms with van der Waals surface area (Å²) in [5, 5.41) is 9.97. The molecule has 0 fully saturated rings. The van der Waals surface area contributed by atoms with Crippen molar-refractivity contribution >= 4 is 39.5 Å². The van der Waals surface area contributed by atoms with E-state index < -0.39 is 40.8 Å². The van der Waals surface area contributed by atoms with Crippen LogP contribution in [0.5, 0.6) is 0 Å². The standard InChI is InChI=1S/C25H28N2O8S/c1-5-19(28)35-18(15-10-8-7-9-11-15)14-26-21(30)17-12-16(13-20(29)34-6-2)36-22(17)27(24(26)33)25(3,4)23(31)32/h7-12,18H,5-6,13-14H2,1-4H3,(H,31,32)/t18-/m0/s1. The van der Waals surface area contributed by atoms with Crippen molar-refractivity contribution in [2.45, 2.75) is 58.7 Å². The predicted molar refractivity (Wildman–Crippen MR) is 133 cm³/mol. The number of esters is 2. The smallest absolute Gasteiger partial charge is 0.333 e. The molecule has 0 spiro atoms. The molecular formula is C25H28N2O8S. The van der Waals surface area contributed by atoms with Gasteiger partial charge in [-0.2, -0.15) is 0 Å². The molecule has 2 aromatic heterocycles. The molecule has 0 bridgehead atoms. The average molecular weight is 517 g/mol. The van der Waals surface area contributed by atoms with Crippen molar-refractivity contribution in [1.29, 1.82) is 0 Å². The van der Waals surface area contributed by atoms with Gasteiger partial charge in [0.1, 0.15) is 16.5 Å². The lowest BCUT2D eigenvalue weighted by atomic mass is 10.1. The van der Waals surface area contributed by atoms with E-state index >= 15 is 0 Å². The van der Waals surface area contributed by atoms with Gasteiger partial charge in [-0.1, -0.05) is 37.3 Å². The Morgan fingerprint density at radius 1 is 1.08 bits per heavy atom. The van der Waals surface area contributed by atoms with E-state index in [1.165, 1.54) is 19.9 Å². The zero-order chi connectivity index (χ0) is 26.6. The van der Waals surface area contributed by atoms with Crippen LogP contribution < -0.4 is 11.2 Å². The van der Waals surface area contributed by atoms with E-state index in [0.29, 0.717) is 10.4 Å². The highest BCUT2D eigenvalue weighted by Gasteiger charge is 2.35. The number of aromatic nitrogens is 2. The zero-order valence-electron chi connectivity index (χ0n) is 20.5. The van der Waals surface area contributed by atoms with Gasteiger partial charge in [-0.25, -0.2) is 9.59 Å². The van der Waals surface area contributed by atoms with Gasteiger partial charge in [-0.3, -0.25) is 23.5 Å². The van der Waals surface area contributed by atoms with Crippen molar-refractivity contribution in [3.8, 4) is 0 Å².